The molecule has 0 atom stereocenters. The van der Waals surface area contributed by atoms with Gasteiger partial charge in [-0.25, -0.2) is 0 Å². The SMILES string of the molecule is CCNCC1CCN(c2cccc(Br)c2C#N)CC1. The number of anilines is 1. The number of rotatable bonds is 4. The lowest BCUT2D eigenvalue weighted by Gasteiger charge is -2.34. The minimum Gasteiger partial charge on any atom is -0.370 e. The van der Waals surface area contributed by atoms with Crippen LogP contribution in [0.4, 0.5) is 5.69 Å². The van der Waals surface area contributed by atoms with Crippen LogP contribution in [0.1, 0.15) is 25.3 Å². The predicted molar refractivity (Wildman–Crippen MR) is 82.3 cm³/mol. The fraction of sp³-hybridized carbons (Fsp3) is 0.533. The zero-order chi connectivity index (χ0) is 13.7. The molecule has 1 aliphatic heterocycles. The molecule has 0 saturated carbocycles. The maximum Gasteiger partial charge on any atom is 0.103 e. The molecule has 1 aromatic rings. The first-order valence-corrected chi connectivity index (χ1v) is 7.69. The Morgan fingerprint density at radius 1 is 1.42 bits per heavy atom. The van der Waals surface area contributed by atoms with E-state index in [-0.39, 0.29) is 0 Å². The van der Waals surface area contributed by atoms with Crippen LogP contribution in [-0.4, -0.2) is 26.2 Å². The number of hydrogen-bond acceptors (Lipinski definition) is 3. The summed E-state index contributed by atoms with van der Waals surface area (Å²) in [6.45, 7) is 6.40. The molecule has 19 heavy (non-hydrogen) atoms. The lowest BCUT2D eigenvalue weighted by Crippen LogP contribution is -2.37. The summed E-state index contributed by atoms with van der Waals surface area (Å²) < 4.78 is 0.891. The first-order valence-electron chi connectivity index (χ1n) is 6.90. The summed E-state index contributed by atoms with van der Waals surface area (Å²) in [5, 5.41) is 12.7. The van der Waals surface area contributed by atoms with Crippen molar-refractivity contribution in [3.63, 3.8) is 0 Å². The van der Waals surface area contributed by atoms with Crippen LogP contribution >= 0.6 is 15.9 Å². The summed E-state index contributed by atoms with van der Waals surface area (Å²) >= 11 is 3.46. The second-order valence-electron chi connectivity index (χ2n) is 4.98. The molecular formula is C15H20BrN3. The van der Waals surface area contributed by atoms with Crippen molar-refractivity contribution in [2.45, 2.75) is 19.8 Å². The van der Waals surface area contributed by atoms with Crippen molar-refractivity contribution in [3.8, 4) is 6.07 Å². The van der Waals surface area contributed by atoms with Crippen molar-refractivity contribution in [2.75, 3.05) is 31.1 Å². The van der Waals surface area contributed by atoms with Gasteiger partial charge in [-0.05, 0) is 59.9 Å². The van der Waals surface area contributed by atoms with Gasteiger partial charge in [-0.2, -0.15) is 5.26 Å². The first-order chi connectivity index (χ1) is 9.26. The van der Waals surface area contributed by atoms with E-state index in [4.69, 9.17) is 0 Å². The Bertz CT molecular complexity index is 459. The van der Waals surface area contributed by atoms with Gasteiger partial charge in [-0.3, -0.25) is 0 Å². The van der Waals surface area contributed by atoms with Gasteiger partial charge in [-0.15, -0.1) is 0 Å². The van der Waals surface area contributed by atoms with Crippen LogP contribution in [0.2, 0.25) is 0 Å². The van der Waals surface area contributed by atoms with Crippen molar-refractivity contribution in [1.82, 2.24) is 5.32 Å². The zero-order valence-electron chi connectivity index (χ0n) is 11.3. The highest BCUT2D eigenvalue weighted by Gasteiger charge is 2.21. The molecule has 1 aromatic carbocycles. The number of benzene rings is 1. The van der Waals surface area contributed by atoms with Gasteiger partial charge in [-0.1, -0.05) is 13.0 Å². The van der Waals surface area contributed by atoms with Crippen LogP contribution in [0.5, 0.6) is 0 Å². The number of halogens is 1. The molecule has 1 saturated heterocycles. The van der Waals surface area contributed by atoms with Gasteiger partial charge in [0.2, 0.25) is 0 Å². The van der Waals surface area contributed by atoms with Gasteiger partial charge in [0.25, 0.3) is 0 Å². The highest BCUT2D eigenvalue weighted by atomic mass is 79.9. The van der Waals surface area contributed by atoms with Crippen molar-refractivity contribution >= 4 is 21.6 Å². The third kappa shape index (κ3) is 3.49. The van der Waals surface area contributed by atoms with E-state index in [2.05, 4.69) is 39.1 Å². The first kappa shape index (κ1) is 14.4. The number of hydrogen-bond donors (Lipinski definition) is 1. The fourth-order valence-electron chi connectivity index (χ4n) is 2.61. The van der Waals surface area contributed by atoms with E-state index in [0.717, 1.165) is 47.8 Å². The molecule has 0 radical (unpaired) electrons. The van der Waals surface area contributed by atoms with E-state index < -0.39 is 0 Å². The maximum atomic E-state index is 9.28. The Kier molecular flexibility index (Phi) is 5.24. The molecular weight excluding hydrogens is 302 g/mol. The second-order valence-corrected chi connectivity index (χ2v) is 5.84. The quantitative estimate of drug-likeness (QED) is 0.925. The molecule has 4 heteroatoms. The minimum atomic E-state index is 0.757. The van der Waals surface area contributed by atoms with Crippen LogP contribution in [0.25, 0.3) is 0 Å². The number of nitrogens with zero attached hydrogens (tertiary/aromatic N) is 2. The molecule has 1 heterocycles. The molecule has 3 nitrogen and oxygen atoms in total. The molecule has 0 amide bonds. The van der Waals surface area contributed by atoms with Crippen LogP contribution in [0.15, 0.2) is 22.7 Å². The summed E-state index contributed by atoms with van der Waals surface area (Å²) in [5.41, 5.74) is 1.83. The smallest absolute Gasteiger partial charge is 0.103 e. The van der Waals surface area contributed by atoms with Crippen molar-refractivity contribution < 1.29 is 0 Å². The monoisotopic (exact) mass is 321 g/mol. The van der Waals surface area contributed by atoms with E-state index in [0.29, 0.717) is 0 Å². The molecule has 1 aliphatic rings. The molecule has 1 fully saturated rings. The lowest BCUT2D eigenvalue weighted by molar-refractivity contribution is 0.386. The van der Waals surface area contributed by atoms with Crippen LogP contribution < -0.4 is 10.2 Å². The Morgan fingerprint density at radius 2 is 2.16 bits per heavy atom. The van der Waals surface area contributed by atoms with E-state index in [1.165, 1.54) is 12.8 Å². The van der Waals surface area contributed by atoms with Gasteiger partial charge in [0.1, 0.15) is 6.07 Å². The van der Waals surface area contributed by atoms with E-state index >= 15 is 0 Å². The summed E-state index contributed by atoms with van der Waals surface area (Å²) in [5.74, 6) is 0.772. The number of nitriles is 1. The van der Waals surface area contributed by atoms with Crippen LogP contribution in [0, 0.1) is 17.2 Å². The molecule has 0 spiro atoms. The summed E-state index contributed by atoms with van der Waals surface area (Å²) in [6, 6.07) is 8.29. The van der Waals surface area contributed by atoms with Crippen molar-refractivity contribution in [3.05, 3.63) is 28.2 Å². The summed E-state index contributed by atoms with van der Waals surface area (Å²) in [6.07, 6.45) is 2.40. The van der Waals surface area contributed by atoms with Crippen molar-refractivity contribution in [1.29, 1.82) is 5.26 Å². The van der Waals surface area contributed by atoms with E-state index in [1.54, 1.807) is 0 Å². The molecule has 2 rings (SSSR count). The zero-order valence-corrected chi connectivity index (χ0v) is 12.9. The molecule has 0 aliphatic carbocycles. The minimum absolute atomic E-state index is 0.757. The Labute approximate surface area is 123 Å². The van der Waals surface area contributed by atoms with E-state index in [1.807, 2.05) is 18.2 Å². The van der Waals surface area contributed by atoms with Crippen LogP contribution in [0.3, 0.4) is 0 Å². The van der Waals surface area contributed by atoms with E-state index in [9.17, 15) is 5.26 Å². The van der Waals surface area contributed by atoms with Gasteiger partial charge < -0.3 is 10.2 Å². The van der Waals surface area contributed by atoms with Gasteiger partial charge in [0.15, 0.2) is 0 Å². The Hall–Kier alpha value is -1.05. The Morgan fingerprint density at radius 3 is 2.79 bits per heavy atom. The second kappa shape index (κ2) is 6.93. The van der Waals surface area contributed by atoms with Gasteiger partial charge in [0.05, 0.1) is 11.3 Å². The standard InChI is InChI=1S/C15H20BrN3/c1-2-18-11-12-6-8-19(9-7-12)15-5-3-4-14(16)13(15)10-17/h3-5,12,18H,2,6-9,11H2,1H3. The van der Waals surface area contributed by atoms with Gasteiger partial charge >= 0.3 is 0 Å². The number of piperidine rings is 1. The average Bonchev–Trinajstić information content (AvgIpc) is 2.45. The summed E-state index contributed by atoms with van der Waals surface area (Å²) in [4.78, 5) is 2.34. The lowest BCUT2D eigenvalue weighted by atomic mass is 9.96. The van der Waals surface area contributed by atoms with Gasteiger partial charge in [0, 0.05) is 17.6 Å². The highest BCUT2D eigenvalue weighted by Crippen LogP contribution is 2.30. The highest BCUT2D eigenvalue weighted by molar-refractivity contribution is 9.10. The fourth-order valence-corrected chi connectivity index (χ4v) is 3.06. The average molecular weight is 322 g/mol. The molecule has 102 valence electrons. The predicted octanol–water partition coefficient (Wildman–Crippen LogP) is 3.15. The normalized spacial score (nSPS) is 16.4. The third-order valence-electron chi connectivity index (χ3n) is 3.74. The molecule has 0 bridgehead atoms. The topological polar surface area (TPSA) is 39.1 Å². The molecule has 1 N–H and O–H groups in total. The molecule has 0 aromatic heterocycles. The van der Waals surface area contributed by atoms with Crippen molar-refractivity contribution in [2.24, 2.45) is 5.92 Å². The third-order valence-corrected chi connectivity index (χ3v) is 4.40. The largest absolute Gasteiger partial charge is 0.370 e. The van der Waals surface area contributed by atoms with Crippen LogP contribution in [-0.2, 0) is 0 Å². The molecule has 0 unspecified atom stereocenters. The Balaban J connectivity index is 2.02. The maximum absolute atomic E-state index is 9.28. The number of nitrogens with one attached hydrogen (secondary N) is 1. The summed E-state index contributed by atoms with van der Waals surface area (Å²) in [7, 11) is 0.